The molecule has 1 fully saturated rings. The van der Waals surface area contributed by atoms with Gasteiger partial charge in [-0.25, -0.2) is 4.98 Å². The molecule has 4 nitrogen and oxygen atoms in total. The van der Waals surface area contributed by atoms with Crippen LogP contribution in [0.2, 0.25) is 0 Å². The van der Waals surface area contributed by atoms with E-state index in [9.17, 15) is 0 Å². The van der Waals surface area contributed by atoms with Crippen LogP contribution in [0.3, 0.4) is 0 Å². The third kappa shape index (κ3) is 3.87. The van der Waals surface area contributed by atoms with Gasteiger partial charge in [0.1, 0.15) is 5.82 Å². The normalized spacial score (nSPS) is 15.6. The molecule has 3 rings (SSSR count). The third-order valence-electron chi connectivity index (χ3n) is 4.05. The van der Waals surface area contributed by atoms with E-state index in [0.29, 0.717) is 5.92 Å². The second-order valence-electron chi connectivity index (χ2n) is 5.33. The predicted molar refractivity (Wildman–Crippen MR) is 92.4 cm³/mol. The zero-order valence-electron chi connectivity index (χ0n) is 14.1. The number of aromatic nitrogens is 2. The lowest BCUT2D eigenvalue weighted by molar-refractivity contribution is 0.138. The molecule has 1 saturated heterocycles. The molecule has 2 aromatic rings. The number of fused-ring (bicyclic) bond motifs is 1. The van der Waals surface area contributed by atoms with Gasteiger partial charge in [-0.3, -0.25) is 0 Å². The van der Waals surface area contributed by atoms with Crippen LogP contribution in [0.25, 0.3) is 11.0 Å². The SMILES string of the molecule is CC.CCOCCn1c(C2CCNCC2)nc2ccccc21. The molecule has 0 unspecified atom stereocenters. The summed E-state index contributed by atoms with van der Waals surface area (Å²) in [6.07, 6.45) is 2.36. The third-order valence-corrected chi connectivity index (χ3v) is 4.05. The minimum atomic E-state index is 0.574. The van der Waals surface area contributed by atoms with E-state index in [1.165, 1.54) is 24.2 Å². The second kappa shape index (κ2) is 8.91. The van der Waals surface area contributed by atoms with Crippen LogP contribution >= 0.6 is 0 Å². The zero-order chi connectivity index (χ0) is 15.8. The van der Waals surface area contributed by atoms with Crippen LogP contribution in [-0.2, 0) is 11.3 Å². The van der Waals surface area contributed by atoms with Gasteiger partial charge in [-0.15, -0.1) is 0 Å². The van der Waals surface area contributed by atoms with Gasteiger partial charge in [0.15, 0.2) is 0 Å². The molecular weight excluding hydrogens is 274 g/mol. The minimum absolute atomic E-state index is 0.574. The number of piperidine rings is 1. The Kier molecular flexibility index (Phi) is 6.87. The number of hydrogen-bond donors (Lipinski definition) is 1. The summed E-state index contributed by atoms with van der Waals surface area (Å²) in [6.45, 7) is 10.7. The Balaban J connectivity index is 0.000000847. The first-order chi connectivity index (χ1) is 10.9. The van der Waals surface area contributed by atoms with E-state index in [1.807, 2.05) is 20.8 Å². The van der Waals surface area contributed by atoms with E-state index in [0.717, 1.165) is 38.4 Å². The van der Waals surface area contributed by atoms with Crippen molar-refractivity contribution in [2.75, 3.05) is 26.3 Å². The lowest BCUT2D eigenvalue weighted by Gasteiger charge is -2.23. The van der Waals surface area contributed by atoms with Crippen LogP contribution in [0.1, 0.15) is 45.4 Å². The van der Waals surface area contributed by atoms with Gasteiger partial charge in [-0.1, -0.05) is 26.0 Å². The van der Waals surface area contributed by atoms with Crippen molar-refractivity contribution in [3.63, 3.8) is 0 Å². The van der Waals surface area contributed by atoms with Gasteiger partial charge in [-0.2, -0.15) is 0 Å². The Morgan fingerprint density at radius 2 is 1.95 bits per heavy atom. The number of ether oxygens (including phenoxy) is 1. The Labute approximate surface area is 133 Å². The minimum Gasteiger partial charge on any atom is -0.380 e. The first-order valence-electron chi connectivity index (χ1n) is 8.63. The highest BCUT2D eigenvalue weighted by molar-refractivity contribution is 5.76. The average Bonchev–Trinajstić information content (AvgIpc) is 2.97. The van der Waals surface area contributed by atoms with E-state index < -0.39 is 0 Å². The summed E-state index contributed by atoms with van der Waals surface area (Å²) in [5.74, 6) is 1.82. The first-order valence-corrected chi connectivity index (χ1v) is 8.63. The number of rotatable bonds is 5. The number of nitrogens with zero attached hydrogens (tertiary/aromatic N) is 2. The predicted octanol–water partition coefficient (Wildman–Crippen LogP) is 3.57. The van der Waals surface area contributed by atoms with Crippen molar-refractivity contribution in [1.82, 2.24) is 14.9 Å². The van der Waals surface area contributed by atoms with Gasteiger partial charge in [0.2, 0.25) is 0 Å². The van der Waals surface area contributed by atoms with Gasteiger partial charge in [-0.05, 0) is 45.0 Å². The van der Waals surface area contributed by atoms with Gasteiger partial charge < -0.3 is 14.6 Å². The largest absolute Gasteiger partial charge is 0.380 e. The molecule has 1 aromatic heterocycles. The highest BCUT2D eigenvalue weighted by Crippen LogP contribution is 2.28. The molecular formula is C18H29N3O. The van der Waals surface area contributed by atoms with Crippen molar-refractivity contribution in [3.8, 4) is 0 Å². The Hall–Kier alpha value is -1.39. The summed E-state index contributed by atoms with van der Waals surface area (Å²) in [5.41, 5.74) is 2.35. The summed E-state index contributed by atoms with van der Waals surface area (Å²) < 4.78 is 7.90. The summed E-state index contributed by atoms with van der Waals surface area (Å²) in [7, 11) is 0. The highest BCUT2D eigenvalue weighted by atomic mass is 16.5. The molecule has 0 aliphatic carbocycles. The second-order valence-corrected chi connectivity index (χ2v) is 5.33. The molecule has 1 N–H and O–H groups in total. The zero-order valence-corrected chi connectivity index (χ0v) is 14.1. The van der Waals surface area contributed by atoms with Crippen LogP contribution in [0.4, 0.5) is 0 Å². The van der Waals surface area contributed by atoms with Crippen LogP contribution < -0.4 is 5.32 Å². The summed E-state index contributed by atoms with van der Waals surface area (Å²) in [6, 6.07) is 8.43. The van der Waals surface area contributed by atoms with Crippen molar-refractivity contribution < 1.29 is 4.74 Å². The van der Waals surface area contributed by atoms with Crippen LogP contribution in [0.15, 0.2) is 24.3 Å². The molecule has 0 spiro atoms. The Morgan fingerprint density at radius 1 is 1.23 bits per heavy atom. The maximum Gasteiger partial charge on any atom is 0.113 e. The van der Waals surface area contributed by atoms with E-state index in [-0.39, 0.29) is 0 Å². The fraction of sp³-hybridized carbons (Fsp3) is 0.611. The molecule has 0 bridgehead atoms. The lowest BCUT2D eigenvalue weighted by atomic mass is 9.97. The number of nitrogens with one attached hydrogen (secondary N) is 1. The number of imidazole rings is 1. The molecule has 122 valence electrons. The number of para-hydroxylation sites is 2. The molecule has 1 aromatic carbocycles. The van der Waals surface area contributed by atoms with Crippen molar-refractivity contribution in [2.24, 2.45) is 0 Å². The molecule has 0 amide bonds. The first kappa shape index (κ1) is 17.0. The molecule has 2 heterocycles. The fourth-order valence-corrected chi connectivity index (χ4v) is 3.02. The monoisotopic (exact) mass is 303 g/mol. The number of benzene rings is 1. The van der Waals surface area contributed by atoms with Gasteiger partial charge in [0.05, 0.1) is 17.6 Å². The smallest absolute Gasteiger partial charge is 0.113 e. The van der Waals surface area contributed by atoms with Gasteiger partial charge in [0.25, 0.3) is 0 Å². The van der Waals surface area contributed by atoms with Crippen LogP contribution in [0.5, 0.6) is 0 Å². The van der Waals surface area contributed by atoms with Gasteiger partial charge in [0, 0.05) is 19.1 Å². The molecule has 0 saturated carbocycles. The maximum absolute atomic E-state index is 5.54. The molecule has 0 atom stereocenters. The summed E-state index contributed by atoms with van der Waals surface area (Å²) in [4.78, 5) is 4.89. The molecule has 1 aliphatic rings. The summed E-state index contributed by atoms with van der Waals surface area (Å²) in [5, 5.41) is 3.43. The number of hydrogen-bond acceptors (Lipinski definition) is 3. The van der Waals surface area contributed by atoms with Crippen LogP contribution in [0, 0.1) is 0 Å². The highest BCUT2D eigenvalue weighted by Gasteiger charge is 2.21. The Bertz CT molecular complexity index is 558. The van der Waals surface area contributed by atoms with Gasteiger partial charge >= 0.3 is 0 Å². The van der Waals surface area contributed by atoms with E-state index in [4.69, 9.17) is 9.72 Å². The fourth-order valence-electron chi connectivity index (χ4n) is 3.02. The molecule has 22 heavy (non-hydrogen) atoms. The van der Waals surface area contributed by atoms with E-state index in [1.54, 1.807) is 0 Å². The van der Waals surface area contributed by atoms with Crippen molar-refractivity contribution in [2.45, 2.75) is 46.1 Å². The van der Waals surface area contributed by atoms with E-state index in [2.05, 4.69) is 34.1 Å². The maximum atomic E-state index is 5.54. The van der Waals surface area contributed by atoms with E-state index >= 15 is 0 Å². The molecule has 0 radical (unpaired) electrons. The topological polar surface area (TPSA) is 39.1 Å². The molecule has 4 heteroatoms. The van der Waals surface area contributed by atoms with Crippen molar-refractivity contribution in [1.29, 1.82) is 0 Å². The van der Waals surface area contributed by atoms with Crippen LogP contribution in [-0.4, -0.2) is 35.9 Å². The van der Waals surface area contributed by atoms with Crippen molar-refractivity contribution >= 4 is 11.0 Å². The quantitative estimate of drug-likeness (QED) is 0.858. The standard InChI is InChI=1S/C16H23N3O.C2H6/c1-2-20-12-11-19-15-6-4-3-5-14(15)18-16(19)13-7-9-17-10-8-13;1-2/h3-6,13,17H,2,7-12H2,1H3;1-2H3. The lowest BCUT2D eigenvalue weighted by Crippen LogP contribution is -2.28. The summed E-state index contributed by atoms with van der Waals surface area (Å²) >= 11 is 0. The average molecular weight is 303 g/mol. The molecule has 1 aliphatic heterocycles. The Morgan fingerprint density at radius 3 is 2.68 bits per heavy atom. The van der Waals surface area contributed by atoms with Crippen molar-refractivity contribution in [3.05, 3.63) is 30.1 Å².